The van der Waals surface area contributed by atoms with E-state index in [1.807, 2.05) is 42.5 Å². The SMILES string of the molecule is O=C(OCc1ccccc1)[C@@H]1Cc2c(n(Cc3ccccc3Cl)c3ccccc23)[C@@H](C23CC4CC(CC(C4)C2)C3)N1. The van der Waals surface area contributed by atoms with Gasteiger partial charge in [0.25, 0.3) is 0 Å². The summed E-state index contributed by atoms with van der Waals surface area (Å²) in [4.78, 5) is 13.7. The lowest BCUT2D eigenvalue weighted by atomic mass is 9.47. The number of nitrogens with one attached hydrogen (secondary N) is 1. The van der Waals surface area contributed by atoms with Crippen LogP contribution in [0.3, 0.4) is 0 Å². The Morgan fingerprint density at radius 2 is 1.54 bits per heavy atom. The van der Waals surface area contributed by atoms with E-state index < -0.39 is 0 Å². The predicted molar refractivity (Wildman–Crippen MR) is 163 cm³/mol. The molecule has 4 saturated carbocycles. The first-order valence-electron chi connectivity index (χ1n) is 15.4. The number of halogens is 1. The van der Waals surface area contributed by atoms with Crippen LogP contribution in [0.15, 0.2) is 78.9 Å². The number of hydrogen-bond donors (Lipinski definition) is 1. The molecule has 4 aliphatic carbocycles. The molecule has 0 saturated heterocycles. The molecule has 9 rings (SSSR count). The summed E-state index contributed by atoms with van der Waals surface area (Å²) in [7, 11) is 0. The fraction of sp³-hybridized carbons (Fsp3) is 0.417. The highest BCUT2D eigenvalue weighted by atomic mass is 35.5. The van der Waals surface area contributed by atoms with Gasteiger partial charge in [-0.2, -0.15) is 0 Å². The molecule has 1 aromatic heterocycles. The highest BCUT2D eigenvalue weighted by molar-refractivity contribution is 6.31. The maximum absolute atomic E-state index is 13.7. The maximum atomic E-state index is 13.7. The summed E-state index contributed by atoms with van der Waals surface area (Å²) in [6.45, 7) is 1.03. The van der Waals surface area contributed by atoms with Crippen LogP contribution in [0.25, 0.3) is 10.9 Å². The van der Waals surface area contributed by atoms with Crippen molar-refractivity contribution >= 4 is 28.5 Å². The molecule has 3 aromatic carbocycles. The summed E-state index contributed by atoms with van der Waals surface area (Å²) >= 11 is 6.73. The molecule has 4 aromatic rings. The van der Waals surface area contributed by atoms with Crippen molar-refractivity contribution in [1.29, 1.82) is 0 Å². The highest BCUT2D eigenvalue weighted by Gasteiger charge is 2.57. The molecule has 2 heterocycles. The molecule has 0 spiro atoms. The fourth-order valence-electron chi connectivity index (χ4n) is 9.43. The number of carbonyl (C=O) groups is 1. The Morgan fingerprint density at radius 1 is 0.878 bits per heavy atom. The van der Waals surface area contributed by atoms with Gasteiger partial charge < -0.3 is 9.30 Å². The van der Waals surface area contributed by atoms with E-state index in [1.165, 1.54) is 60.7 Å². The number of rotatable bonds is 6. The van der Waals surface area contributed by atoms with E-state index >= 15 is 0 Å². The Hall–Kier alpha value is -3.08. The Morgan fingerprint density at radius 3 is 2.27 bits per heavy atom. The van der Waals surface area contributed by atoms with Crippen LogP contribution in [0.2, 0.25) is 5.02 Å². The number of carbonyl (C=O) groups excluding carboxylic acids is 1. The first kappa shape index (κ1) is 25.6. The molecule has 41 heavy (non-hydrogen) atoms. The van der Waals surface area contributed by atoms with Gasteiger partial charge in [0.2, 0.25) is 0 Å². The molecule has 0 unspecified atom stereocenters. The second-order valence-electron chi connectivity index (χ2n) is 13.3. The monoisotopic (exact) mass is 564 g/mol. The molecule has 0 radical (unpaired) electrons. The molecule has 0 amide bonds. The van der Waals surface area contributed by atoms with Crippen molar-refractivity contribution in [3.63, 3.8) is 0 Å². The number of ether oxygens (including phenoxy) is 1. The standard InChI is InChI=1S/C36H37ClN2O2/c37-30-12-6-4-10-27(30)21-39-32-13-7-5-11-28(32)29-17-31(35(40)41-22-23-8-2-1-3-9-23)38-34(33(29)39)36-18-24-14-25(19-36)16-26(15-24)20-36/h1-13,24-26,31,34,38H,14-22H2/t24?,25?,26?,31-,34-,36?/m0/s1. The topological polar surface area (TPSA) is 43.3 Å². The molecule has 4 fully saturated rings. The molecule has 4 nitrogen and oxygen atoms in total. The summed E-state index contributed by atoms with van der Waals surface area (Å²) < 4.78 is 8.48. The highest BCUT2D eigenvalue weighted by Crippen LogP contribution is 2.65. The summed E-state index contributed by atoms with van der Waals surface area (Å²) in [5, 5.41) is 6.03. The number of benzene rings is 3. The van der Waals surface area contributed by atoms with Crippen LogP contribution in [0, 0.1) is 23.2 Å². The number of aromatic nitrogens is 1. The van der Waals surface area contributed by atoms with Gasteiger partial charge in [0.1, 0.15) is 12.6 Å². The molecule has 4 bridgehead atoms. The minimum Gasteiger partial charge on any atom is -0.460 e. The number of hydrogen-bond acceptors (Lipinski definition) is 3. The van der Waals surface area contributed by atoms with Crippen molar-refractivity contribution in [2.24, 2.45) is 23.2 Å². The normalized spacial score (nSPS) is 29.9. The lowest BCUT2D eigenvalue weighted by Crippen LogP contribution is -2.57. The zero-order valence-electron chi connectivity index (χ0n) is 23.4. The molecular weight excluding hydrogens is 528 g/mol. The largest absolute Gasteiger partial charge is 0.460 e. The molecule has 5 aliphatic rings. The Balaban J connectivity index is 1.23. The number of nitrogens with zero attached hydrogens (tertiary/aromatic N) is 1. The molecule has 210 valence electrons. The second kappa shape index (κ2) is 10.0. The first-order chi connectivity index (χ1) is 20.1. The van der Waals surface area contributed by atoms with Crippen LogP contribution < -0.4 is 5.32 Å². The Kier molecular flexibility index (Phi) is 6.27. The van der Waals surface area contributed by atoms with E-state index in [4.69, 9.17) is 16.3 Å². The average Bonchev–Trinajstić information content (AvgIpc) is 3.29. The van der Waals surface area contributed by atoms with E-state index in [1.54, 1.807) is 0 Å². The van der Waals surface area contributed by atoms with Crippen LogP contribution in [0.4, 0.5) is 0 Å². The van der Waals surface area contributed by atoms with Gasteiger partial charge in [-0.25, -0.2) is 0 Å². The zero-order valence-corrected chi connectivity index (χ0v) is 24.2. The fourth-order valence-corrected chi connectivity index (χ4v) is 9.62. The van der Waals surface area contributed by atoms with E-state index in [2.05, 4.69) is 46.3 Å². The quantitative estimate of drug-likeness (QED) is 0.242. The van der Waals surface area contributed by atoms with Crippen LogP contribution >= 0.6 is 11.6 Å². The minimum absolute atomic E-state index is 0.115. The smallest absolute Gasteiger partial charge is 0.323 e. The first-order valence-corrected chi connectivity index (χ1v) is 15.7. The third-order valence-electron chi connectivity index (χ3n) is 10.7. The summed E-state index contributed by atoms with van der Waals surface area (Å²) in [5.74, 6) is 2.31. The van der Waals surface area contributed by atoms with Crippen molar-refractivity contribution in [2.75, 3.05) is 0 Å². The van der Waals surface area contributed by atoms with Gasteiger partial charge in [-0.1, -0.05) is 78.3 Å². The van der Waals surface area contributed by atoms with Crippen molar-refractivity contribution in [2.45, 2.75) is 70.2 Å². The van der Waals surface area contributed by atoms with E-state index in [0.29, 0.717) is 13.0 Å². The van der Waals surface area contributed by atoms with E-state index in [9.17, 15) is 4.79 Å². The van der Waals surface area contributed by atoms with Crippen LogP contribution in [0.5, 0.6) is 0 Å². The predicted octanol–water partition coefficient (Wildman–Crippen LogP) is 7.86. The van der Waals surface area contributed by atoms with Crippen LogP contribution in [0.1, 0.15) is 67.0 Å². The average molecular weight is 565 g/mol. The summed E-state index contributed by atoms with van der Waals surface area (Å²) in [6.07, 6.45) is 8.60. The van der Waals surface area contributed by atoms with Crippen LogP contribution in [-0.2, 0) is 29.1 Å². The number of para-hydroxylation sites is 1. The van der Waals surface area contributed by atoms with E-state index in [0.717, 1.165) is 40.4 Å². The second-order valence-corrected chi connectivity index (χ2v) is 13.7. The van der Waals surface area contributed by atoms with E-state index in [-0.39, 0.29) is 23.5 Å². The molecule has 1 aliphatic heterocycles. The van der Waals surface area contributed by atoms with Gasteiger partial charge in [-0.15, -0.1) is 0 Å². The van der Waals surface area contributed by atoms with Crippen LogP contribution in [-0.4, -0.2) is 16.6 Å². The minimum atomic E-state index is -0.358. The molecular formula is C36H37ClN2O2. The number of esters is 1. The van der Waals surface area contributed by atoms with Gasteiger partial charge in [0.15, 0.2) is 0 Å². The van der Waals surface area contributed by atoms with Gasteiger partial charge in [-0.3, -0.25) is 10.1 Å². The lowest BCUT2D eigenvalue weighted by molar-refractivity contribution is -0.149. The summed E-state index contributed by atoms with van der Waals surface area (Å²) in [6, 6.07) is 26.7. The Bertz CT molecular complexity index is 1570. The molecule has 5 heteroatoms. The molecule has 2 atom stereocenters. The molecule has 1 N–H and O–H groups in total. The van der Waals surface area contributed by atoms with Gasteiger partial charge in [0, 0.05) is 34.6 Å². The third kappa shape index (κ3) is 4.42. The maximum Gasteiger partial charge on any atom is 0.323 e. The van der Waals surface area contributed by atoms with Crippen molar-refractivity contribution in [3.05, 3.63) is 106 Å². The van der Waals surface area contributed by atoms with Gasteiger partial charge in [0.05, 0.1) is 6.04 Å². The Labute approximate surface area is 247 Å². The van der Waals surface area contributed by atoms with Crippen molar-refractivity contribution in [3.8, 4) is 0 Å². The zero-order chi connectivity index (χ0) is 27.6. The van der Waals surface area contributed by atoms with Gasteiger partial charge >= 0.3 is 5.97 Å². The number of fused-ring (bicyclic) bond motifs is 3. The lowest BCUT2D eigenvalue weighted by Gasteiger charge is -2.60. The van der Waals surface area contributed by atoms with Crippen molar-refractivity contribution < 1.29 is 9.53 Å². The third-order valence-corrected chi connectivity index (χ3v) is 11.0. The summed E-state index contributed by atoms with van der Waals surface area (Å²) in [5.41, 5.74) is 6.24. The van der Waals surface area contributed by atoms with Gasteiger partial charge in [-0.05, 0) is 90.5 Å². The van der Waals surface area contributed by atoms with Crippen molar-refractivity contribution in [1.82, 2.24) is 9.88 Å².